The zero-order valence-corrected chi connectivity index (χ0v) is 17.6. The first kappa shape index (κ1) is 21.7. The molecular formula is C19H27N3O6S. The van der Waals surface area contributed by atoms with Crippen LogP contribution in [0.4, 0.5) is 5.69 Å². The highest BCUT2D eigenvalue weighted by Crippen LogP contribution is 2.35. The van der Waals surface area contributed by atoms with Gasteiger partial charge in [0.15, 0.2) is 11.5 Å². The van der Waals surface area contributed by atoms with Crippen molar-refractivity contribution in [2.45, 2.75) is 12.5 Å². The molecule has 2 saturated heterocycles. The number of thioether (sulfide) groups is 1. The Hall–Kier alpha value is -2.04. The van der Waals surface area contributed by atoms with Crippen LogP contribution in [0.3, 0.4) is 0 Å². The third kappa shape index (κ3) is 5.12. The van der Waals surface area contributed by atoms with Gasteiger partial charge >= 0.3 is 0 Å². The molecule has 1 aromatic carbocycles. The SMILES string of the molecule is COc1cc(C(=O)N2CCCSCC2CN2CCOCC2)c([N+](=O)[O-])cc1OC. The smallest absolute Gasteiger partial charge is 0.286 e. The van der Waals surface area contributed by atoms with Crippen LogP contribution < -0.4 is 9.47 Å². The molecule has 2 aliphatic heterocycles. The quantitative estimate of drug-likeness (QED) is 0.504. The number of amides is 1. The van der Waals surface area contributed by atoms with Crippen molar-refractivity contribution in [3.63, 3.8) is 0 Å². The number of methoxy groups -OCH3 is 2. The summed E-state index contributed by atoms with van der Waals surface area (Å²) in [5, 5.41) is 11.7. The van der Waals surface area contributed by atoms with Crippen molar-refractivity contribution >= 4 is 23.4 Å². The van der Waals surface area contributed by atoms with Crippen molar-refractivity contribution in [3.8, 4) is 11.5 Å². The first-order valence-corrected chi connectivity index (χ1v) is 10.8. The third-order valence-corrected chi connectivity index (χ3v) is 6.40. The molecule has 1 atom stereocenters. The minimum atomic E-state index is -0.543. The van der Waals surface area contributed by atoms with E-state index in [1.165, 1.54) is 26.4 Å². The van der Waals surface area contributed by atoms with E-state index in [2.05, 4.69) is 4.90 Å². The number of morpholine rings is 1. The van der Waals surface area contributed by atoms with E-state index in [0.29, 0.717) is 25.5 Å². The van der Waals surface area contributed by atoms with Crippen LogP contribution in [-0.4, -0.2) is 91.8 Å². The van der Waals surface area contributed by atoms with Crippen molar-refractivity contribution in [1.29, 1.82) is 0 Å². The van der Waals surface area contributed by atoms with Gasteiger partial charge in [-0.25, -0.2) is 0 Å². The standard InChI is InChI=1S/C19H27N3O6S/c1-26-17-10-15(16(22(24)25)11-18(17)27-2)19(23)21-4-3-9-29-13-14(21)12-20-5-7-28-8-6-20/h10-11,14H,3-9,12-13H2,1-2H3. The normalized spacial score (nSPS) is 20.8. The predicted molar refractivity (Wildman–Crippen MR) is 110 cm³/mol. The molecule has 3 rings (SSSR count). The van der Waals surface area contributed by atoms with Crippen molar-refractivity contribution in [1.82, 2.24) is 9.80 Å². The number of hydrogen-bond donors (Lipinski definition) is 0. The molecule has 2 aliphatic rings. The fraction of sp³-hybridized carbons (Fsp3) is 0.632. The van der Waals surface area contributed by atoms with Crippen LogP contribution in [0.15, 0.2) is 12.1 Å². The molecule has 0 bridgehead atoms. The molecule has 1 aromatic rings. The number of ether oxygens (including phenoxy) is 3. The monoisotopic (exact) mass is 425 g/mol. The largest absolute Gasteiger partial charge is 0.493 e. The van der Waals surface area contributed by atoms with Crippen molar-refractivity contribution < 1.29 is 23.9 Å². The number of nitrogens with zero attached hydrogens (tertiary/aromatic N) is 3. The second kappa shape index (κ2) is 10.1. The van der Waals surface area contributed by atoms with Gasteiger partial charge in [-0.1, -0.05) is 0 Å². The Balaban J connectivity index is 1.91. The molecule has 0 saturated carbocycles. The second-order valence-electron chi connectivity index (χ2n) is 6.98. The number of benzene rings is 1. The Labute approximate surface area is 174 Å². The van der Waals surface area contributed by atoms with Crippen LogP contribution in [0.25, 0.3) is 0 Å². The van der Waals surface area contributed by atoms with E-state index in [0.717, 1.165) is 37.6 Å². The Morgan fingerprint density at radius 1 is 1.24 bits per heavy atom. The number of carbonyl (C=O) groups excluding carboxylic acids is 1. The Morgan fingerprint density at radius 2 is 1.93 bits per heavy atom. The molecule has 1 amide bonds. The van der Waals surface area contributed by atoms with Gasteiger partial charge in [0.1, 0.15) is 5.56 Å². The highest BCUT2D eigenvalue weighted by molar-refractivity contribution is 7.99. The van der Waals surface area contributed by atoms with Crippen LogP contribution >= 0.6 is 11.8 Å². The van der Waals surface area contributed by atoms with Gasteiger partial charge in [-0.15, -0.1) is 0 Å². The molecule has 1 unspecified atom stereocenters. The molecule has 2 heterocycles. The average molecular weight is 426 g/mol. The molecule has 9 nitrogen and oxygen atoms in total. The molecule has 2 fully saturated rings. The summed E-state index contributed by atoms with van der Waals surface area (Å²) in [4.78, 5) is 28.7. The van der Waals surface area contributed by atoms with Gasteiger partial charge in [0.25, 0.3) is 11.6 Å². The Bertz CT molecular complexity index is 741. The van der Waals surface area contributed by atoms with Crippen LogP contribution in [0.5, 0.6) is 11.5 Å². The summed E-state index contributed by atoms with van der Waals surface area (Å²) in [6, 6.07) is 2.67. The predicted octanol–water partition coefficient (Wildman–Crippen LogP) is 1.89. The summed E-state index contributed by atoms with van der Waals surface area (Å²) < 4.78 is 15.9. The van der Waals surface area contributed by atoms with Crippen molar-refractivity contribution in [2.24, 2.45) is 0 Å². The van der Waals surface area contributed by atoms with E-state index < -0.39 is 4.92 Å². The molecular weight excluding hydrogens is 398 g/mol. The molecule has 0 aromatic heterocycles. The molecule has 29 heavy (non-hydrogen) atoms. The average Bonchev–Trinajstić information content (AvgIpc) is 2.98. The van der Waals surface area contributed by atoms with Crippen molar-refractivity contribution in [3.05, 3.63) is 27.8 Å². The van der Waals surface area contributed by atoms with Crippen molar-refractivity contribution in [2.75, 3.05) is 65.1 Å². The number of nitro groups is 1. The van der Waals surface area contributed by atoms with E-state index in [1.54, 1.807) is 4.90 Å². The Kier molecular flexibility index (Phi) is 7.57. The van der Waals surface area contributed by atoms with E-state index in [1.807, 2.05) is 11.8 Å². The molecule has 0 N–H and O–H groups in total. The molecule has 160 valence electrons. The summed E-state index contributed by atoms with van der Waals surface area (Å²) in [6.07, 6.45) is 0.858. The van der Waals surface area contributed by atoms with Crippen LogP contribution in [0, 0.1) is 10.1 Å². The maximum absolute atomic E-state index is 13.5. The zero-order valence-electron chi connectivity index (χ0n) is 16.8. The summed E-state index contributed by atoms with van der Waals surface area (Å²) in [5.41, 5.74) is -0.235. The number of carbonyl (C=O) groups is 1. The molecule has 0 radical (unpaired) electrons. The van der Waals surface area contributed by atoms with Gasteiger partial charge in [0.05, 0.1) is 44.5 Å². The second-order valence-corrected chi connectivity index (χ2v) is 8.13. The number of nitro benzene ring substituents is 1. The lowest BCUT2D eigenvalue weighted by molar-refractivity contribution is -0.385. The highest BCUT2D eigenvalue weighted by atomic mass is 32.2. The molecule has 0 aliphatic carbocycles. The van der Waals surface area contributed by atoms with Crippen LogP contribution in [-0.2, 0) is 4.74 Å². The lowest BCUT2D eigenvalue weighted by Gasteiger charge is -2.35. The van der Waals surface area contributed by atoms with Gasteiger partial charge in [0.2, 0.25) is 0 Å². The van der Waals surface area contributed by atoms with E-state index in [-0.39, 0.29) is 28.9 Å². The molecule has 0 spiro atoms. The van der Waals surface area contributed by atoms with E-state index in [9.17, 15) is 14.9 Å². The fourth-order valence-electron chi connectivity index (χ4n) is 3.67. The number of hydrogen-bond acceptors (Lipinski definition) is 8. The first-order valence-electron chi connectivity index (χ1n) is 9.64. The van der Waals surface area contributed by atoms with E-state index >= 15 is 0 Å². The first-order chi connectivity index (χ1) is 14.0. The van der Waals surface area contributed by atoms with Gasteiger partial charge in [-0.2, -0.15) is 11.8 Å². The van der Waals surface area contributed by atoms with Gasteiger partial charge < -0.3 is 19.1 Å². The minimum absolute atomic E-state index is 0.0131. The lowest BCUT2D eigenvalue weighted by atomic mass is 10.1. The van der Waals surface area contributed by atoms with Gasteiger partial charge in [-0.05, 0) is 12.2 Å². The summed E-state index contributed by atoms with van der Waals surface area (Å²) in [7, 11) is 2.86. The summed E-state index contributed by atoms with van der Waals surface area (Å²) in [5.74, 6) is 1.97. The van der Waals surface area contributed by atoms with Gasteiger partial charge in [0, 0.05) is 38.0 Å². The van der Waals surface area contributed by atoms with Crippen LogP contribution in [0.1, 0.15) is 16.8 Å². The van der Waals surface area contributed by atoms with Gasteiger partial charge in [-0.3, -0.25) is 19.8 Å². The molecule has 10 heteroatoms. The fourth-order valence-corrected chi connectivity index (χ4v) is 4.73. The minimum Gasteiger partial charge on any atom is -0.493 e. The maximum Gasteiger partial charge on any atom is 0.286 e. The zero-order chi connectivity index (χ0) is 20.8. The summed E-state index contributed by atoms with van der Waals surface area (Å²) in [6.45, 7) is 4.36. The lowest BCUT2D eigenvalue weighted by Crippen LogP contribution is -2.50. The van der Waals surface area contributed by atoms with E-state index in [4.69, 9.17) is 14.2 Å². The topological polar surface area (TPSA) is 94.4 Å². The summed E-state index contributed by atoms with van der Waals surface area (Å²) >= 11 is 1.82. The number of rotatable bonds is 6. The maximum atomic E-state index is 13.5. The Morgan fingerprint density at radius 3 is 2.59 bits per heavy atom. The highest BCUT2D eigenvalue weighted by Gasteiger charge is 2.33. The van der Waals surface area contributed by atoms with Crippen LogP contribution in [0.2, 0.25) is 0 Å². The third-order valence-electron chi connectivity index (χ3n) is 5.20.